The van der Waals surface area contributed by atoms with E-state index in [1.54, 1.807) is 6.07 Å². The molecule has 0 unspecified atom stereocenters. The standard InChI is InChI=1S/C15H20ClF2NO2/c16-12-5-6-14(21-15(17)18)11(9-12)10-19(7-8-20)13-3-1-2-4-13/h5-6,9,13,15,20H,1-4,7-8,10H2. The lowest BCUT2D eigenvalue weighted by Crippen LogP contribution is -2.35. The van der Waals surface area contributed by atoms with Gasteiger partial charge in [-0.1, -0.05) is 24.4 Å². The van der Waals surface area contributed by atoms with Crippen molar-refractivity contribution in [1.29, 1.82) is 0 Å². The van der Waals surface area contributed by atoms with Crippen LogP contribution in [0.2, 0.25) is 5.02 Å². The van der Waals surface area contributed by atoms with Crippen LogP contribution in [0.1, 0.15) is 31.2 Å². The van der Waals surface area contributed by atoms with E-state index in [0.717, 1.165) is 12.8 Å². The zero-order valence-electron chi connectivity index (χ0n) is 11.8. The maximum atomic E-state index is 12.5. The lowest BCUT2D eigenvalue weighted by molar-refractivity contribution is -0.0509. The van der Waals surface area contributed by atoms with Crippen molar-refractivity contribution in [2.24, 2.45) is 0 Å². The van der Waals surface area contributed by atoms with Gasteiger partial charge in [-0.25, -0.2) is 0 Å². The van der Waals surface area contributed by atoms with Gasteiger partial charge in [0.2, 0.25) is 0 Å². The molecule has 0 atom stereocenters. The molecule has 0 amide bonds. The first-order valence-electron chi connectivity index (χ1n) is 7.18. The number of nitrogens with zero attached hydrogens (tertiary/aromatic N) is 1. The van der Waals surface area contributed by atoms with E-state index in [-0.39, 0.29) is 12.4 Å². The molecule has 0 bridgehead atoms. The summed E-state index contributed by atoms with van der Waals surface area (Å²) in [7, 11) is 0. The van der Waals surface area contributed by atoms with E-state index < -0.39 is 6.61 Å². The molecule has 0 aliphatic heterocycles. The third kappa shape index (κ3) is 4.80. The van der Waals surface area contributed by atoms with Gasteiger partial charge in [0, 0.05) is 29.7 Å². The van der Waals surface area contributed by atoms with Crippen molar-refractivity contribution in [3.63, 3.8) is 0 Å². The van der Waals surface area contributed by atoms with Gasteiger partial charge < -0.3 is 9.84 Å². The van der Waals surface area contributed by atoms with Crippen molar-refractivity contribution >= 4 is 11.6 Å². The van der Waals surface area contributed by atoms with Crippen LogP contribution in [-0.4, -0.2) is 35.8 Å². The zero-order valence-corrected chi connectivity index (χ0v) is 12.5. The van der Waals surface area contributed by atoms with E-state index >= 15 is 0 Å². The highest BCUT2D eigenvalue weighted by atomic mass is 35.5. The lowest BCUT2D eigenvalue weighted by Gasteiger charge is -2.28. The van der Waals surface area contributed by atoms with Gasteiger partial charge in [0.1, 0.15) is 5.75 Å². The highest BCUT2D eigenvalue weighted by Gasteiger charge is 2.23. The predicted octanol–water partition coefficient (Wildman–Crippen LogP) is 3.68. The molecule has 1 aliphatic rings. The van der Waals surface area contributed by atoms with Crippen molar-refractivity contribution < 1.29 is 18.6 Å². The molecule has 0 spiro atoms. The summed E-state index contributed by atoms with van der Waals surface area (Å²) < 4.78 is 29.5. The first kappa shape index (κ1) is 16.5. The topological polar surface area (TPSA) is 32.7 Å². The van der Waals surface area contributed by atoms with Gasteiger partial charge in [-0.05, 0) is 31.0 Å². The van der Waals surface area contributed by atoms with Crippen LogP contribution < -0.4 is 4.74 Å². The van der Waals surface area contributed by atoms with Gasteiger partial charge in [-0.15, -0.1) is 0 Å². The number of rotatable bonds is 7. The minimum atomic E-state index is -2.86. The van der Waals surface area contributed by atoms with Gasteiger partial charge in [0.05, 0.1) is 6.61 Å². The molecule has 1 aromatic carbocycles. The Bertz CT molecular complexity index is 453. The van der Waals surface area contributed by atoms with Gasteiger partial charge in [-0.2, -0.15) is 8.78 Å². The monoisotopic (exact) mass is 319 g/mol. The van der Waals surface area contributed by atoms with Crippen molar-refractivity contribution in [1.82, 2.24) is 4.90 Å². The molecular formula is C15H20ClF2NO2. The Labute approximate surface area is 128 Å². The number of alkyl halides is 2. The van der Waals surface area contributed by atoms with E-state index in [0.29, 0.717) is 29.7 Å². The highest BCUT2D eigenvalue weighted by molar-refractivity contribution is 6.30. The van der Waals surface area contributed by atoms with E-state index in [2.05, 4.69) is 9.64 Å². The van der Waals surface area contributed by atoms with Crippen LogP contribution in [-0.2, 0) is 6.54 Å². The summed E-state index contributed by atoms with van der Waals surface area (Å²) >= 11 is 5.96. The molecule has 2 rings (SSSR count). The fraction of sp³-hybridized carbons (Fsp3) is 0.600. The summed E-state index contributed by atoms with van der Waals surface area (Å²) in [5.41, 5.74) is 0.628. The number of hydrogen-bond donors (Lipinski definition) is 1. The Morgan fingerprint density at radius 2 is 2.05 bits per heavy atom. The Hall–Kier alpha value is -0.910. The van der Waals surface area contributed by atoms with Crippen LogP contribution in [0.4, 0.5) is 8.78 Å². The number of hydrogen-bond acceptors (Lipinski definition) is 3. The Kier molecular flexibility index (Phi) is 6.21. The van der Waals surface area contributed by atoms with Gasteiger partial charge in [0.25, 0.3) is 0 Å². The van der Waals surface area contributed by atoms with Crippen LogP contribution in [0.3, 0.4) is 0 Å². The maximum absolute atomic E-state index is 12.5. The van der Waals surface area contributed by atoms with Crippen molar-refractivity contribution in [3.8, 4) is 5.75 Å². The van der Waals surface area contributed by atoms with Crippen LogP contribution in [0, 0.1) is 0 Å². The highest BCUT2D eigenvalue weighted by Crippen LogP contribution is 2.29. The third-order valence-corrected chi connectivity index (χ3v) is 4.08. The van der Waals surface area contributed by atoms with Gasteiger partial charge in [-0.3, -0.25) is 4.90 Å². The van der Waals surface area contributed by atoms with Crippen LogP contribution in [0.5, 0.6) is 5.75 Å². The van der Waals surface area contributed by atoms with Crippen molar-refractivity contribution in [2.45, 2.75) is 44.9 Å². The second kappa shape index (κ2) is 7.92. The molecule has 1 N–H and O–H groups in total. The minimum Gasteiger partial charge on any atom is -0.434 e. The largest absolute Gasteiger partial charge is 0.434 e. The molecule has 118 valence electrons. The van der Waals surface area contributed by atoms with Crippen LogP contribution >= 0.6 is 11.6 Å². The molecule has 0 radical (unpaired) electrons. The van der Waals surface area contributed by atoms with E-state index in [4.69, 9.17) is 11.6 Å². The fourth-order valence-electron chi connectivity index (χ4n) is 2.89. The molecule has 0 aromatic heterocycles. The summed E-state index contributed by atoms with van der Waals surface area (Å²) in [6, 6.07) is 5.04. The molecule has 1 aromatic rings. The number of aliphatic hydroxyl groups excluding tert-OH is 1. The second-order valence-electron chi connectivity index (χ2n) is 5.26. The molecule has 6 heteroatoms. The molecular weight excluding hydrogens is 300 g/mol. The first-order valence-corrected chi connectivity index (χ1v) is 7.56. The fourth-order valence-corrected chi connectivity index (χ4v) is 3.08. The lowest BCUT2D eigenvalue weighted by atomic mass is 10.1. The molecule has 1 aliphatic carbocycles. The normalized spacial score (nSPS) is 16.1. The SMILES string of the molecule is OCCN(Cc1cc(Cl)ccc1OC(F)F)C1CCCC1. The molecule has 3 nitrogen and oxygen atoms in total. The number of ether oxygens (including phenoxy) is 1. The quantitative estimate of drug-likeness (QED) is 0.832. The maximum Gasteiger partial charge on any atom is 0.387 e. The Morgan fingerprint density at radius 3 is 2.67 bits per heavy atom. The molecule has 1 saturated carbocycles. The summed E-state index contributed by atoms with van der Waals surface area (Å²) in [4.78, 5) is 2.12. The zero-order chi connectivity index (χ0) is 15.2. The van der Waals surface area contributed by atoms with E-state index in [1.807, 2.05) is 0 Å². The summed E-state index contributed by atoms with van der Waals surface area (Å²) in [6.07, 6.45) is 4.49. The molecule has 1 fully saturated rings. The molecule has 0 saturated heterocycles. The number of benzene rings is 1. The number of halogens is 3. The molecule has 21 heavy (non-hydrogen) atoms. The smallest absolute Gasteiger partial charge is 0.387 e. The molecule has 0 heterocycles. The minimum absolute atomic E-state index is 0.0438. The van der Waals surface area contributed by atoms with E-state index in [1.165, 1.54) is 25.0 Å². The Morgan fingerprint density at radius 1 is 1.33 bits per heavy atom. The van der Waals surface area contributed by atoms with Gasteiger partial charge in [0.15, 0.2) is 0 Å². The Balaban J connectivity index is 2.15. The van der Waals surface area contributed by atoms with Crippen molar-refractivity contribution in [2.75, 3.05) is 13.2 Å². The van der Waals surface area contributed by atoms with Crippen molar-refractivity contribution in [3.05, 3.63) is 28.8 Å². The average molecular weight is 320 g/mol. The van der Waals surface area contributed by atoms with Crippen LogP contribution in [0.25, 0.3) is 0 Å². The second-order valence-corrected chi connectivity index (χ2v) is 5.70. The van der Waals surface area contributed by atoms with E-state index in [9.17, 15) is 13.9 Å². The summed E-state index contributed by atoms with van der Waals surface area (Å²) in [6.45, 7) is -1.84. The summed E-state index contributed by atoms with van der Waals surface area (Å²) in [5.74, 6) is 0.148. The summed E-state index contributed by atoms with van der Waals surface area (Å²) in [5, 5.41) is 9.71. The third-order valence-electron chi connectivity index (χ3n) is 3.84. The predicted molar refractivity (Wildman–Crippen MR) is 77.8 cm³/mol. The number of aliphatic hydroxyl groups is 1. The van der Waals surface area contributed by atoms with Gasteiger partial charge >= 0.3 is 6.61 Å². The average Bonchev–Trinajstić information content (AvgIpc) is 2.95. The first-order chi connectivity index (χ1) is 10.1. The van der Waals surface area contributed by atoms with Crippen LogP contribution in [0.15, 0.2) is 18.2 Å².